The molecule has 2 bridgehead atoms. The van der Waals surface area contributed by atoms with E-state index in [9.17, 15) is 4.79 Å². The maximum atomic E-state index is 11.9. The predicted molar refractivity (Wildman–Crippen MR) is 64.2 cm³/mol. The molecule has 0 aromatic carbocycles. The molecule has 3 aliphatic rings. The van der Waals surface area contributed by atoms with Crippen LogP contribution in [0.5, 0.6) is 0 Å². The summed E-state index contributed by atoms with van der Waals surface area (Å²) in [6.45, 7) is 4.66. The van der Waals surface area contributed by atoms with Gasteiger partial charge in [0.1, 0.15) is 5.78 Å². The summed E-state index contributed by atoms with van der Waals surface area (Å²) in [6.07, 6.45) is 7.36. The smallest absolute Gasteiger partial charge is 0.137 e. The quantitative estimate of drug-likeness (QED) is 0.714. The van der Waals surface area contributed by atoms with Crippen LogP contribution in [0.4, 0.5) is 0 Å². The third-order valence-electron chi connectivity index (χ3n) is 5.00. The SMILES string of the molecule is CC1CCC(=O)C(CN2CC3CCC2C3)C1. The molecule has 2 saturated carbocycles. The summed E-state index contributed by atoms with van der Waals surface area (Å²) in [5, 5.41) is 0. The van der Waals surface area contributed by atoms with Gasteiger partial charge in [0, 0.05) is 31.5 Å². The predicted octanol–water partition coefficient (Wildman–Crippen LogP) is 2.48. The number of fused-ring (bicyclic) bond motifs is 2. The lowest BCUT2D eigenvalue weighted by Crippen LogP contribution is -2.40. The number of nitrogens with zero attached hydrogens (tertiary/aromatic N) is 1. The van der Waals surface area contributed by atoms with E-state index >= 15 is 0 Å². The fourth-order valence-electron chi connectivity index (χ4n) is 4.04. The van der Waals surface area contributed by atoms with Crippen LogP contribution in [-0.2, 0) is 4.79 Å². The number of carbonyl (C=O) groups excluding carboxylic acids is 1. The Morgan fingerprint density at radius 1 is 1.25 bits per heavy atom. The summed E-state index contributed by atoms with van der Waals surface area (Å²) in [7, 11) is 0. The second-order valence-corrected chi connectivity index (χ2v) is 6.33. The van der Waals surface area contributed by atoms with E-state index < -0.39 is 0 Å². The van der Waals surface area contributed by atoms with Crippen molar-refractivity contribution in [2.24, 2.45) is 17.8 Å². The van der Waals surface area contributed by atoms with Gasteiger partial charge in [-0.2, -0.15) is 0 Å². The Morgan fingerprint density at radius 2 is 2.12 bits per heavy atom. The zero-order valence-electron chi connectivity index (χ0n) is 10.3. The minimum Gasteiger partial charge on any atom is -0.299 e. The van der Waals surface area contributed by atoms with Gasteiger partial charge in [-0.15, -0.1) is 0 Å². The molecule has 4 unspecified atom stereocenters. The van der Waals surface area contributed by atoms with Gasteiger partial charge in [-0.3, -0.25) is 9.69 Å². The molecule has 90 valence electrons. The summed E-state index contributed by atoms with van der Waals surface area (Å²) in [6, 6.07) is 0.829. The minimum absolute atomic E-state index is 0.364. The van der Waals surface area contributed by atoms with Crippen LogP contribution >= 0.6 is 0 Å². The lowest BCUT2D eigenvalue weighted by Gasteiger charge is -2.33. The number of likely N-dealkylation sites (tertiary alicyclic amines) is 1. The Labute approximate surface area is 98.4 Å². The molecule has 2 heteroatoms. The highest BCUT2D eigenvalue weighted by Crippen LogP contribution is 2.38. The van der Waals surface area contributed by atoms with Crippen LogP contribution in [0.3, 0.4) is 0 Å². The van der Waals surface area contributed by atoms with Crippen molar-refractivity contribution in [3.8, 4) is 0 Å². The molecule has 0 spiro atoms. The van der Waals surface area contributed by atoms with Crippen molar-refractivity contribution in [3.63, 3.8) is 0 Å². The Bertz CT molecular complexity index is 288. The first-order valence-corrected chi connectivity index (χ1v) is 6.99. The topological polar surface area (TPSA) is 20.3 Å². The van der Waals surface area contributed by atoms with Crippen LogP contribution in [0.2, 0.25) is 0 Å². The average molecular weight is 221 g/mol. The summed E-state index contributed by atoms with van der Waals surface area (Å²) in [5.41, 5.74) is 0. The van der Waals surface area contributed by atoms with Gasteiger partial charge in [-0.05, 0) is 43.9 Å². The molecule has 0 aromatic rings. The molecular weight excluding hydrogens is 198 g/mol. The number of ketones is 1. The van der Waals surface area contributed by atoms with Gasteiger partial charge in [0.2, 0.25) is 0 Å². The van der Waals surface area contributed by atoms with Crippen molar-refractivity contribution >= 4 is 5.78 Å². The van der Waals surface area contributed by atoms with Gasteiger partial charge in [0.05, 0.1) is 0 Å². The van der Waals surface area contributed by atoms with Gasteiger partial charge < -0.3 is 0 Å². The molecule has 0 radical (unpaired) electrons. The first kappa shape index (κ1) is 10.8. The summed E-state index contributed by atoms with van der Waals surface area (Å²) in [5.74, 6) is 2.63. The summed E-state index contributed by atoms with van der Waals surface area (Å²) >= 11 is 0. The van der Waals surface area contributed by atoms with Crippen molar-refractivity contribution < 1.29 is 4.79 Å². The number of piperidine rings is 1. The summed E-state index contributed by atoms with van der Waals surface area (Å²) in [4.78, 5) is 14.5. The fourth-order valence-corrected chi connectivity index (χ4v) is 4.04. The van der Waals surface area contributed by atoms with Gasteiger partial charge in [-0.25, -0.2) is 0 Å². The Kier molecular flexibility index (Phi) is 2.78. The van der Waals surface area contributed by atoms with Crippen molar-refractivity contribution in [1.82, 2.24) is 4.90 Å². The van der Waals surface area contributed by atoms with E-state index in [0.29, 0.717) is 11.7 Å². The first-order valence-electron chi connectivity index (χ1n) is 6.99. The number of hydrogen-bond acceptors (Lipinski definition) is 2. The molecule has 0 N–H and O–H groups in total. The van der Waals surface area contributed by atoms with Crippen molar-refractivity contribution in [2.75, 3.05) is 13.1 Å². The third-order valence-corrected chi connectivity index (χ3v) is 5.00. The van der Waals surface area contributed by atoms with E-state index in [1.807, 2.05) is 0 Å². The second-order valence-electron chi connectivity index (χ2n) is 6.33. The zero-order valence-corrected chi connectivity index (χ0v) is 10.3. The van der Waals surface area contributed by atoms with E-state index in [-0.39, 0.29) is 0 Å². The highest BCUT2D eigenvalue weighted by atomic mass is 16.1. The maximum absolute atomic E-state index is 11.9. The van der Waals surface area contributed by atoms with E-state index in [0.717, 1.165) is 43.7 Å². The molecule has 0 aromatic heterocycles. The number of Topliss-reactive ketones (excluding diaryl/α,β-unsaturated/α-hetero) is 1. The minimum atomic E-state index is 0.364. The average Bonchev–Trinajstić information content (AvgIpc) is 2.85. The molecule has 16 heavy (non-hydrogen) atoms. The van der Waals surface area contributed by atoms with E-state index in [1.165, 1.54) is 25.8 Å². The van der Waals surface area contributed by atoms with Crippen LogP contribution in [0.1, 0.15) is 45.4 Å². The number of hydrogen-bond donors (Lipinski definition) is 0. The molecule has 4 atom stereocenters. The highest BCUT2D eigenvalue weighted by Gasteiger charge is 2.39. The van der Waals surface area contributed by atoms with Crippen LogP contribution < -0.4 is 0 Å². The maximum Gasteiger partial charge on any atom is 0.137 e. The van der Waals surface area contributed by atoms with Crippen LogP contribution in [0, 0.1) is 17.8 Å². The Balaban J connectivity index is 1.59. The fraction of sp³-hybridized carbons (Fsp3) is 0.929. The van der Waals surface area contributed by atoms with E-state index in [1.54, 1.807) is 0 Å². The molecule has 1 saturated heterocycles. The van der Waals surface area contributed by atoms with Gasteiger partial charge in [0.25, 0.3) is 0 Å². The molecular formula is C14H23NO. The van der Waals surface area contributed by atoms with Gasteiger partial charge >= 0.3 is 0 Å². The van der Waals surface area contributed by atoms with E-state index in [2.05, 4.69) is 11.8 Å². The normalized spacial score (nSPS) is 44.2. The Morgan fingerprint density at radius 3 is 2.81 bits per heavy atom. The van der Waals surface area contributed by atoms with Crippen molar-refractivity contribution in [2.45, 2.75) is 51.5 Å². The van der Waals surface area contributed by atoms with Crippen LogP contribution in [0.25, 0.3) is 0 Å². The van der Waals surface area contributed by atoms with Gasteiger partial charge in [-0.1, -0.05) is 6.92 Å². The number of rotatable bonds is 2. The first-order chi connectivity index (χ1) is 7.72. The van der Waals surface area contributed by atoms with Crippen LogP contribution in [-0.4, -0.2) is 29.8 Å². The third kappa shape index (κ3) is 1.92. The van der Waals surface area contributed by atoms with Crippen LogP contribution in [0.15, 0.2) is 0 Å². The number of carbonyl (C=O) groups is 1. The molecule has 2 aliphatic carbocycles. The van der Waals surface area contributed by atoms with E-state index in [4.69, 9.17) is 0 Å². The van der Waals surface area contributed by atoms with Crippen molar-refractivity contribution in [1.29, 1.82) is 0 Å². The molecule has 2 nitrogen and oxygen atoms in total. The Hall–Kier alpha value is -0.370. The zero-order chi connectivity index (χ0) is 11.1. The standard InChI is InChI=1S/C14H23NO/c1-10-2-5-14(16)12(6-10)9-15-8-11-3-4-13(15)7-11/h10-13H,2-9H2,1H3. The second kappa shape index (κ2) is 4.14. The summed E-state index contributed by atoms with van der Waals surface area (Å²) < 4.78 is 0. The highest BCUT2D eigenvalue weighted by molar-refractivity contribution is 5.81. The lowest BCUT2D eigenvalue weighted by atomic mass is 9.81. The molecule has 3 rings (SSSR count). The molecule has 1 aliphatic heterocycles. The molecule has 3 fully saturated rings. The molecule has 1 heterocycles. The lowest BCUT2D eigenvalue weighted by molar-refractivity contribution is -0.126. The largest absolute Gasteiger partial charge is 0.299 e. The van der Waals surface area contributed by atoms with Crippen molar-refractivity contribution in [3.05, 3.63) is 0 Å². The monoisotopic (exact) mass is 221 g/mol. The van der Waals surface area contributed by atoms with Gasteiger partial charge in [0.15, 0.2) is 0 Å². The molecule has 0 amide bonds.